The van der Waals surface area contributed by atoms with Gasteiger partial charge in [-0.1, -0.05) is 32.9 Å². The van der Waals surface area contributed by atoms with Gasteiger partial charge < -0.3 is 9.84 Å². The van der Waals surface area contributed by atoms with Gasteiger partial charge in [-0.15, -0.1) is 0 Å². The molecule has 0 aliphatic rings. The summed E-state index contributed by atoms with van der Waals surface area (Å²) in [4.78, 5) is 0. The van der Waals surface area contributed by atoms with Crippen molar-refractivity contribution in [2.75, 3.05) is 7.11 Å². The van der Waals surface area contributed by atoms with E-state index in [9.17, 15) is 9.32 Å². The van der Waals surface area contributed by atoms with Gasteiger partial charge in [-0.3, -0.25) is 8.71 Å². The first kappa shape index (κ1) is 23.6. The van der Waals surface area contributed by atoms with Crippen molar-refractivity contribution >= 4 is 18.2 Å². The Balaban J connectivity index is 2.54. The minimum absolute atomic E-state index is 0.0975. The number of nitrogens with zero attached hydrogens (tertiary/aromatic N) is 3. The Morgan fingerprint density at radius 1 is 1.21 bits per heavy atom. The van der Waals surface area contributed by atoms with Crippen LogP contribution in [0.3, 0.4) is 0 Å². The van der Waals surface area contributed by atoms with Crippen LogP contribution in [-0.4, -0.2) is 34.4 Å². The number of ether oxygens (including phenoxy) is 1. The summed E-state index contributed by atoms with van der Waals surface area (Å²) in [5.41, 5.74) is 0.326. The zero-order valence-corrected chi connectivity index (χ0v) is 20.5. The minimum atomic E-state index is -3.19. The molecular weight excluding hydrogens is 404 g/mol. The molecule has 162 valence electrons. The average molecular weight is 439 g/mol. The Morgan fingerprint density at radius 3 is 2.21 bits per heavy atom. The Morgan fingerprint density at radius 2 is 1.76 bits per heavy atom. The van der Waals surface area contributed by atoms with Crippen molar-refractivity contribution in [2.45, 2.75) is 69.9 Å². The van der Waals surface area contributed by atoms with E-state index >= 15 is 0 Å². The van der Waals surface area contributed by atoms with Gasteiger partial charge in [0.2, 0.25) is 0 Å². The van der Waals surface area contributed by atoms with Gasteiger partial charge in [0.15, 0.2) is 13.3 Å². The lowest BCUT2D eigenvalue weighted by molar-refractivity contribution is 0.0688. The van der Waals surface area contributed by atoms with Crippen molar-refractivity contribution in [1.29, 1.82) is 0 Å². The third-order valence-electron chi connectivity index (χ3n) is 5.37. The molecule has 0 fully saturated rings. The molecule has 0 aliphatic heterocycles. The number of hydrogen-bond donors (Lipinski definition) is 2. The molecule has 0 saturated heterocycles. The van der Waals surface area contributed by atoms with E-state index in [0.717, 1.165) is 11.3 Å². The van der Waals surface area contributed by atoms with Crippen molar-refractivity contribution in [1.82, 2.24) is 9.78 Å². The number of methoxy groups -OCH3 is 1. The fourth-order valence-electron chi connectivity index (χ4n) is 2.58. The number of rotatable bonds is 6. The summed E-state index contributed by atoms with van der Waals surface area (Å²) in [5.74, 6) is 0.760. The van der Waals surface area contributed by atoms with Crippen LogP contribution >= 0.6 is 0 Å². The number of nitrogens with two attached hydrogens (primary N) is 1. The SMILES string of the molecule is COc1ccc(Cn2nc(S(N)(=O)=N[Si](C)(C)C(C)(C)C)cc2C(C)(C)O)cc1. The van der Waals surface area contributed by atoms with Crippen LogP contribution in [0.1, 0.15) is 45.9 Å². The molecular formula is C20H34N4O3SSi. The standard InChI is InChI=1S/C20H34N4O3SSi/c1-19(2,3)29(7,8)23-28(21,26)18-13-17(20(4,5)25)24(22-18)14-15-9-11-16(27-6)12-10-15/h9-13,25H,14H2,1-8H3,(H2,21,23,26). The lowest BCUT2D eigenvalue weighted by atomic mass is 10.1. The van der Waals surface area contributed by atoms with E-state index in [1.54, 1.807) is 31.7 Å². The van der Waals surface area contributed by atoms with E-state index in [4.69, 9.17) is 9.88 Å². The van der Waals surface area contributed by atoms with Crippen LogP contribution in [0.25, 0.3) is 0 Å². The molecule has 1 aromatic carbocycles. The molecule has 2 aromatic rings. The number of hydrogen-bond acceptors (Lipinski definition) is 5. The quantitative estimate of drug-likeness (QED) is 0.668. The second-order valence-electron chi connectivity index (χ2n) is 9.40. The third-order valence-corrected chi connectivity index (χ3v) is 12.8. The fourth-order valence-corrected chi connectivity index (χ4v) is 7.25. The maximum absolute atomic E-state index is 13.4. The smallest absolute Gasteiger partial charge is 0.195 e. The Kier molecular flexibility index (Phi) is 6.40. The highest BCUT2D eigenvalue weighted by Gasteiger charge is 2.38. The number of benzene rings is 1. The van der Waals surface area contributed by atoms with Crippen molar-refractivity contribution in [3.63, 3.8) is 0 Å². The van der Waals surface area contributed by atoms with Crippen LogP contribution in [0.5, 0.6) is 5.75 Å². The molecule has 0 bridgehead atoms. The summed E-state index contributed by atoms with van der Waals surface area (Å²) in [6.45, 7) is 14.1. The van der Waals surface area contributed by atoms with Crippen molar-refractivity contribution in [2.24, 2.45) is 9.17 Å². The molecule has 9 heteroatoms. The predicted octanol–water partition coefficient (Wildman–Crippen LogP) is 3.87. The lowest BCUT2D eigenvalue weighted by Gasteiger charge is -2.32. The Hall–Kier alpha value is -1.68. The van der Waals surface area contributed by atoms with Crippen molar-refractivity contribution in [3.8, 4) is 5.75 Å². The van der Waals surface area contributed by atoms with Gasteiger partial charge in [0.1, 0.15) is 21.3 Å². The molecule has 1 heterocycles. The molecule has 0 amide bonds. The number of aliphatic hydroxyl groups is 1. The van der Waals surface area contributed by atoms with Gasteiger partial charge in [-0.2, -0.15) is 5.10 Å². The highest BCUT2D eigenvalue weighted by molar-refractivity contribution is 7.92. The first-order valence-corrected chi connectivity index (χ1v) is 14.1. The Bertz CT molecular complexity index is 977. The van der Waals surface area contributed by atoms with Crippen molar-refractivity contribution < 1.29 is 14.1 Å². The van der Waals surface area contributed by atoms with Crippen LogP contribution in [0.2, 0.25) is 18.1 Å². The molecule has 0 spiro atoms. The van der Waals surface area contributed by atoms with Crippen LogP contribution < -0.4 is 9.88 Å². The van der Waals surface area contributed by atoms with Gasteiger partial charge in [0.05, 0.1) is 19.3 Å². The molecule has 1 atom stereocenters. The average Bonchev–Trinajstić information content (AvgIpc) is 2.98. The van der Waals surface area contributed by atoms with E-state index in [2.05, 4.69) is 29.9 Å². The molecule has 0 saturated carbocycles. The molecule has 29 heavy (non-hydrogen) atoms. The predicted molar refractivity (Wildman–Crippen MR) is 120 cm³/mol. The second-order valence-corrected chi connectivity index (χ2v) is 16.3. The minimum Gasteiger partial charge on any atom is -0.497 e. The first-order valence-electron chi connectivity index (χ1n) is 9.56. The summed E-state index contributed by atoms with van der Waals surface area (Å²) < 4.78 is 24.8. The molecule has 3 N–H and O–H groups in total. The van der Waals surface area contributed by atoms with Crippen LogP contribution in [0, 0.1) is 0 Å². The summed E-state index contributed by atoms with van der Waals surface area (Å²) in [6.07, 6.45) is 0. The van der Waals surface area contributed by atoms with Gasteiger partial charge in [0.25, 0.3) is 0 Å². The maximum atomic E-state index is 13.4. The van der Waals surface area contributed by atoms with Gasteiger partial charge in [0, 0.05) is 6.07 Å². The normalized spacial score (nSPS) is 15.1. The van der Waals surface area contributed by atoms with E-state index in [-0.39, 0.29) is 10.1 Å². The van der Waals surface area contributed by atoms with E-state index in [1.165, 1.54) is 0 Å². The molecule has 0 radical (unpaired) electrons. The summed E-state index contributed by atoms with van der Waals surface area (Å²) in [7, 11) is -3.84. The topological polar surface area (TPSA) is 103 Å². The van der Waals surface area contributed by atoms with Crippen LogP contribution in [-0.2, 0) is 22.1 Å². The first-order chi connectivity index (χ1) is 13.1. The zero-order valence-electron chi connectivity index (χ0n) is 18.7. The van der Waals surface area contributed by atoms with Gasteiger partial charge in [-0.25, -0.2) is 9.35 Å². The van der Waals surface area contributed by atoms with Gasteiger partial charge in [-0.05, 0) is 49.7 Å². The summed E-state index contributed by atoms with van der Waals surface area (Å²) >= 11 is 0. The van der Waals surface area contributed by atoms with Crippen LogP contribution in [0.15, 0.2) is 39.4 Å². The maximum Gasteiger partial charge on any atom is 0.195 e. The third kappa shape index (κ3) is 5.47. The Labute approximate surface area is 175 Å². The van der Waals surface area contributed by atoms with Crippen LogP contribution in [0.4, 0.5) is 0 Å². The molecule has 7 nitrogen and oxygen atoms in total. The highest BCUT2D eigenvalue weighted by Crippen LogP contribution is 2.38. The fraction of sp³-hybridized carbons (Fsp3) is 0.550. The summed E-state index contributed by atoms with van der Waals surface area (Å²) in [5, 5.41) is 21.4. The number of aromatic nitrogens is 2. The molecule has 1 aromatic heterocycles. The molecule has 0 aliphatic carbocycles. The van der Waals surface area contributed by atoms with E-state index in [0.29, 0.717) is 12.2 Å². The van der Waals surface area contributed by atoms with E-state index < -0.39 is 23.8 Å². The largest absolute Gasteiger partial charge is 0.497 e. The lowest BCUT2D eigenvalue weighted by Crippen LogP contribution is -2.37. The zero-order chi connectivity index (χ0) is 22.3. The monoisotopic (exact) mass is 438 g/mol. The molecule has 1 unspecified atom stereocenters. The van der Waals surface area contributed by atoms with Gasteiger partial charge >= 0.3 is 0 Å². The highest BCUT2D eigenvalue weighted by atomic mass is 32.2. The molecule has 2 rings (SSSR count). The van der Waals surface area contributed by atoms with E-state index in [1.807, 2.05) is 37.4 Å². The summed E-state index contributed by atoms with van der Waals surface area (Å²) in [6, 6.07) is 9.19. The second kappa shape index (κ2) is 7.86. The van der Waals surface area contributed by atoms with Crippen molar-refractivity contribution in [3.05, 3.63) is 41.6 Å².